The maximum Gasteiger partial charge on any atom is 0.282 e. The first kappa shape index (κ1) is 12.3. The van der Waals surface area contributed by atoms with Crippen LogP contribution in [0.4, 0.5) is 0 Å². The number of rotatable bonds is 2. The van der Waals surface area contributed by atoms with Gasteiger partial charge in [0.2, 0.25) is 0 Å². The second kappa shape index (κ2) is 4.60. The van der Waals surface area contributed by atoms with E-state index in [-0.39, 0.29) is 6.04 Å². The van der Waals surface area contributed by atoms with E-state index in [0.29, 0.717) is 32.1 Å². The molecule has 0 aromatic carbocycles. The molecular weight excluding hydrogens is 226 g/mol. The Hall–Kier alpha value is -0.170. The van der Waals surface area contributed by atoms with Crippen molar-refractivity contribution in [2.24, 2.45) is 11.7 Å². The molecule has 94 valence electrons. The van der Waals surface area contributed by atoms with Crippen LogP contribution in [0, 0.1) is 5.92 Å². The van der Waals surface area contributed by atoms with Crippen LogP contribution >= 0.6 is 0 Å². The summed E-state index contributed by atoms with van der Waals surface area (Å²) in [6, 6.07) is 0.0111. The van der Waals surface area contributed by atoms with Gasteiger partial charge in [-0.3, -0.25) is 0 Å². The van der Waals surface area contributed by atoms with Gasteiger partial charge in [0, 0.05) is 32.2 Å². The third kappa shape index (κ3) is 2.40. The lowest BCUT2D eigenvalue weighted by atomic mass is 10.0. The Morgan fingerprint density at radius 2 is 1.81 bits per heavy atom. The topological polar surface area (TPSA) is 66.6 Å². The first-order chi connectivity index (χ1) is 7.50. The standard InChI is InChI=1S/C10H21N3O2S/c1-9-3-2-5-12(7-9)16(14,15)13-6-4-10(11)8-13/h9-10H,2-8,11H2,1H3/t9?,10-/m1/s1. The van der Waals surface area contributed by atoms with E-state index in [1.54, 1.807) is 4.31 Å². The third-order valence-corrected chi connectivity index (χ3v) is 5.43. The fourth-order valence-electron chi connectivity index (χ4n) is 2.48. The summed E-state index contributed by atoms with van der Waals surface area (Å²) in [5.74, 6) is 0.472. The SMILES string of the molecule is CC1CCCN(S(=O)(=O)N2CC[C@@H](N)C2)C1. The van der Waals surface area contributed by atoms with Crippen molar-refractivity contribution in [3.05, 3.63) is 0 Å². The van der Waals surface area contributed by atoms with Crippen molar-refractivity contribution in [3.63, 3.8) is 0 Å². The quantitative estimate of drug-likeness (QED) is 0.746. The van der Waals surface area contributed by atoms with Gasteiger partial charge in [-0.1, -0.05) is 6.92 Å². The molecule has 0 amide bonds. The van der Waals surface area contributed by atoms with Gasteiger partial charge in [0.25, 0.3) is 10.2 Å². The molecule has 2 heterocycles. The predicted molar refractivity (Wildman–Crippen MR) is 63.1 cm³/mol. The molecule has 0 saturated carbocycles. The Balaban J connectivity index is 2.06. The lowest BCUT2D eigenvalue weighted by Gasteiger charge is -2.32. The maximum atomic E-state index is 12.3. The Labute approximate surface area is 97.8 Å². The average molecular weight is 247 g/mol. The van der Waals surface area contributed by atoms with Gasteiger partial charge in [-0.15, -0.1) is 0 Å². The molecule has 2 N–H and O–H groups in total. The highest BCUT2D eigenvalue weighted by molar-refractivity contribution is 7.86. The lowest BCUT2D eigenvalue weighted by Crippen LogP contribution is -2.47. The van der Waals surface area contributed by atoms with E-state index in [9.17, 15) is 8.42 Å². The minimum Gasteiger partial charge on any atom is -0.326 e. The minimum atomic E-state index is -3.24. The molecule has 16 heavy (non-hydrogen) atoms. The van der Waals surface area contributed by atoms with Crippen molar-refractivity contribution in [3.8, 4) is 0 Å². The van der Waals surface area contributed by atoms with Gasteiger partial charge in [-0.2, -0.15) is 17.0 Å². The summed E-state index contributed by atoms with van der Waals surface area (Å²) in [7, 11) is -3.24. The molecule has 2 atom stereocenters. The van der Waals surface area contributed by atoms with Crippen molar-refractivity contribution < 1.29 is 8.42 Å². The van der Waals surface area contributed by atoms with Crippen LogP contribution in [-0.2, 0) is 10.2 Å². The number of nitrogens with zero attached hydrogens (tertiary/aromatic N) is 2. The van der Waals surface area contributed by atoms with Crippen molar-refractivity contribution in [1.82, 2.24) is 8.61 Å². The highest BCUT2D eigenvalue weighted by Crippen LogP contribution is 2.22. The molecule has 0 aromatic rings. The van der Waals surface area contributed by atoms with Gasteiger partial charge >= 0.3 is 0 Å². The van der Waals surface area contributed by atoms with E-state index in [1.165, 1.54) is 4.31 Å². The summed E-state index contributed by atoms with van der Waals surface area (Å²) in [5.41, 5.74) is 5.75. The van der Waals surface area contributed by atoms with Crippen LogP contribution in [0.2, 0.25) is 0 Å². The summed E-state index contributed by atoms with van der Waals surface area (Å²) in [6.45, 7) is 4.49. The monoisotopic (exact) mass is 247 g/mol. The first-order valence-electron chi connectivity index (χ1n) is 6.01. The van der Waals surface area contributed by atoms with Crippen LogP contribution in [0.5, 0.6) is 0 Å². The third-order valence-electron chi connectivity index (χ3n) is 3.46. The number of hydrogen-bond donors (Lipinski definition) is 1. The Morgan fingerprint density at radius 3 is 2.38 bits per heavy atom. The van der Waals surface area contributed by atoms with Crippen molar-refractivity contribution in [2.75, 3.05) is 26.2 Å². The molecule has 2 fully saturated rings. The molecule has 2 rings (SSSR count). The number of piperidine rings is 1. The van der Waals surface area contributed by atoms with E-state index < -0.39 is 10.2 Å². The summed E-state index contributed by atoms with van der Waals surface area (Å²) >= 11 is 0. The van der Waals surface area contributed by atoms with Gasteiger partial charge in [-0.05, 0) is 25.2 Å². The zero-order chi connectivity index (χ0) is 11.8. The van der Waals surface area contributed by atoms with Crippen LogP contribution in [-0.4, -0.2) is 49.2 Å². The normalized spacial score (nSPS) is 34.4. The summed E-state index contributed by atoms with van der Waals surface area (Å²) in [4.78, 5) is 0. The van der Waals surface area contributed by atoms with E-state index >= 15 is 0 Å². The van der Waals surface area contributed by atoms with Gasteiger partial charge in [-0.25, -0.2) is 0 Å². The summed E-state index contributed by atoms with van der Waals surface area (Å²) in [6.07, 6.45) is 2.88. The fourth-order valence-corrected chi connectivity index (χ4v) is 4.33. The molecule has 2 aliphatic heterocycles. The molecule has 2 saturated heterocycles. The van der Waals surface area contributed by atoms with Crippen LogP contribution in [0.15, 0.2) is 0 Å². The van der Waals surface area contributed by atoms with E-state index in [4.69, 9.17) is 5.73 Å². The van der Waals surface area contributed by atoms with E-state index in [1.807, 2.05) is 0 Å². The molecule has 5 nitrogen and oxygen atoms in total. The molecule has 0 aromatic heterocycles. The van der Waals surface area contributed by atoms with Crippen LogP contribution in [0.3, 0.4) is 0 Å². The van der Waals surface area contributed by atoms with Crippen LogP contribution in [0.25, 0.3) is 0 Å². The molecule has 0 spiro atoms. The highest BCUT2D eigenvalue weighted by atomic mass is 32.2. The Bertz CT molecular complexity index is 344. The average Bonchev–Trinajstić information content (AvgIpc) is 2.65. The Kier molecular flexibility index (Phi) is 3.53. The lowest BCUT2D eigenvalue weighted by molar-refractivity contribution is 0.263. The maximum absolute atomic E-state index is 12.3. The molecule has 0 radical (unpaired) electrons. The molecule has 1 unspecified atom stereocenters. The van der Waals surface area contributed by atoms with Crippen LogP contribution in [0.1, 0.15) is 26.2 Å². The summed E-state index contributed by atoms with van der Waals surface area (Å²) in [5, 5.41) is 0. The smallest absolute Gasteiger partial charge is 0.282 e. The van der Waals surface area contributed by atoms with Crippen molar-refractivity contribution in [2.45, 2.75) is 32.2 Å². The zero-order valence-corrected chi connectivity index (χ0v) is 10.6. The number of nitrogens with two attached hydrogens (primary N) is 1. The highest BCUT2D eigenvalue weighted by Gasteiger charge is 2.35. The van der Waals surface area contributed by atoms with Gasteiger partial charge in [0.15, 0.2) is 0 Å². The van der Waals surface area contributed by atoms with Gasteiger partial charge in [0.05, 0.1) is 0 Å². The van der Waals surface area contributed by atoms with E-state index in [2.05, 4.69) is 6.92 Å². The summed E-state index contributed by atoms with van der Waals surface area (Å²) < 4.78 is 27.7. The van der Waals surface area contributed by atoms with Crippen molar-refractivity contribution in [1.29, 1.82) is 0 Å². The molecule has 0 aliphatic carbocycles. The van der Waals surface area contributed by atoms with Crippen LogP contribution < -0.4 is 5.73 Å². The van der Waals surface area contributed by atoms with Crippen molar-refractivity contribution >= 4 is 10.2 Å². The fraction of sp³-hybridized carbons (Fsp3) is 1.00. The van der Waals surface area contributed by atoms with Gasteiger partial charge in [0.1, 0.15) is 0 Å². The van der Waals surface area contributed by atoms with Gasteiger partial charge < -0.3 is 5.73 Å². The molecular formula is C10H21N3O2S. The molecule has 6 heteroatoms. The Morgan fingerprint density at radius 1 is 1.12 bits per heavy atom. The minimum absolute atomic E-state index is 0.0111. The van der Waals surface area contributed by atoms with E-state index in [0.717, 1.165) is 19.3 Å². The predicted octanol–water partition coefficient (Wildman–Crippen LogP) is -0.00390. The molecule has 0 bridgehead atoms. The largest absolute Gasteiger partial charge is 0.326 e. The first-order valence-corrected chi connectivity index (χ1v) is 7.40. The second-order valence-corrected chi connectivity index (χ2v) is 6.95. The molecule has 2 aliphatic rings. The second-order valence-electron chi connectivity index (χ2n) is 5.02. The zero-order valence-electron chi connectivity index (χ0n) is 9.80. The number of hydrogen-bond acceptors (Lipinski definition) is 3.